The zero-order valence-electron chi connectivity index (χ0n) is 14.9. The van der Waals surface area contributed by atoms with Gasteiger partial charge in [-0.15, -0.1) is 0 Å². The van der Waals surface area contributed by atoms with Gasteiger partial charge in [-0.2, -0.15) is 0 Å². The van der Waals surface area contributed by atoms with Gasteiger partial charge >= 0.3 is 0 Å². The standard InChI is InChI=1S/C23H19N4/c1-3-7-22-18(5-1)9-11-20(24-22)15-26-13-14-27(17-26)16-21-12-10-19-6-2-4-8-23(19)25-21/h1-14,17H,15-16H2/q+1. The van der Waals surface area contributed by atoms with Gasteiger partial charge in [0.1, 0.15) is 25.5 Å². The highest BCUT2D eigenvalue weighted by molar-refractivity contribution is 5.79. The summed E-state index contributed by atoms with van der Waals surface area (Å²) in [4.78, 5) is 9.51. The van der Waals surface area contributed by atoms with Crippen LogP contribution in [0.4, 0.5) is 0 Å². The number of hydrogen-bond acceptors (Lipinski definition) is 2. The third-order valence-electron chi connectivity index (χ3n) is 4.75. The Morgan fingerprint density at radius 3 is 2.07 bits per heavy atom. The van der Waals surface area contributed by atoms with Crippen molar-refractivity contribution in [2.45, 2.75) is 13.1 Å². The van der Waals surface area contributed by atoms with Gasteiger partial charge in [0, 0.05) is 10.8 Å². The number of benzene rings is 2. The van der Waals surface area contributed by atoms with Gasteiger partial charge in [-0.3, -0.25) is 0 Å². The van der Waals surface area contributed by atoms with Crippen molar-refractivity contribution in [3.63, 3.8) is 0 Å². The molecule has 0 radical (unpaired) electrons. The fraction of sp³-hybridized carbons (Fsp3) is 0.0870. The maximum atomic E-state index is 4.76. The molecule has 2 aromatic carbocycles. The van der Waals surface area contributed by atoms with Crippen molar-refractivity contribution in [1.82, 2.24) is 14.5 Å². The highest BCUT2D eigenvalue weighted by atomic mass is 15.1. The van der Waals surface area contributed by atoms with Crippen LogP contribution < -0.4 is 4.57 Å². The summed E-state index contributed by atoms with van der Waals surface area (Å²) in [5, 5.41) is 2.34. The average molecular weight is 351 g/mol. The number of aromatic nitrogens is 4. The van der Waals surface area contributed by atoms with Crippen molar-refractivity contribution in [2.75, 3.05) is 0 Å². The molecule has 0 fully saturated rings. The molecule has 4 nitrogen and oxygen atoms in total. The molecule has 5 aromatic rings. The molecule has 4 heteroatoms. The van der Waals surface area contributed by atoms with E-state index in [4.69, 9.17) is 9.97 Å². The number of pyridine rings is 2. The van der Waals surface area contributed by atoms with E-state index in [0.717, 1.165) is 35.5 Å². The molecule has 0 aliphatic carbocycles. The Morgan fingerprint density at radius 1 is 0.704 bits per heavy atom. The molecule has 0 saturated carbocycles. The molecule has 130 valence electrons. The summed E-state index contributed by atoms with van der Waals surface area (Å²) in [6.07, 6.45) is 6.27. The van der Waals surface area contributed by atoms with Crippen LogP contribution in [0.15, 0.2) is 91.5 Å². The summed E-state index contributed by atoms with van der Waals surface area (Å²) in [5.74, 6) is 0. The molecule has 27 heavy (non-hydrogen) atoms. The number of nitrogens with zero attached hydrogens (tertiary/aromatic N) is 4. The first-order valence-electron chi connectivity index (χ1n) is 9.08. The van der Waals surface area contributed by atoms with Gasteiger partial charge in [-0.05, 0) is 24.3 Å². The van der Waals surface area contributed by atoms with Crippen molar-refractivity contribution in [2.24, 2.45) is 0 Å². The van der Waals surface area contributed by atoms with Crippen LogP contribution in [0.5, 0.6) is 0 Å². The first kappa shape index (κ1) is 15.7. The van der Waals surface area contributed by atoms with Gasteiger partial charge < -0.3 is 0 Å². The monoisotopic (exact) mass is 351 g/mol. The van der Waals surface area contributed by atoms with Gasteiger partial charge in [0.25, 0.3) is 0 Å². The van der Waals surface area contributed by atoms with Crippen molar-refractivity contribution in [3.8, 4) is 0 Å². The van der Waals surface area contributed by atoms with E-state index in [1.54, 1.807) is 0 Å². The smallest absolute Gasteiger partial charge is 0.244 e. The Labute approximate surface area is 157 Å². The van der Waals surface area contributed by atoms with E-state index in [2.05, 4.69) is 76.4 Å². The molecule has 0 saturated heterocycles. The topological polar surface area (TPSA) is 34.6 Å². The van der Waals surface area contributed by atoms with Crippen LogP contribution in [0.1, 0.15) is 11.4 Å². The number of rotatable bonds is 4. The van der Waals surface area contributed by atoms with E-state index in [1.807, 2.05) is 24.3 Å². The molecule has 3 heterocycles. The van der Waals surface area contributed by atoms with E-state index in [0.29, 0.717) is 0 Å². The average Bonchev–Trinajstić information content (AvgIpc) is 3.14. The van der Waals surface area contributed by atoms with E-state index in [1.165, 1.54) is 10.8 Å². The van der Waals surface area contributed by atoms with Gasteiger partial charge in [-0.25, -0.2) is 19.1 Å². The van der Waals surface area contributed by atoms with Gasteiger partial charge in [0.15, 0.2) is 0 Å². The molecule has 0 N–H and O–H groups in total. The number of hydrogen-bond donors (Lipinski definition) is 0. The first-order chi connectivity index (χ1) is 13.3. The van der Waals surface area contributed by atoms with Crippen molar-refractivity contribution in [3.05, 3.63) is 103 Å². The SMILES string of the molecule is c1ccc2nc(Cn3cc[n+](Cc4ccc5ccccc5n4)c3)ccc2c1. The summed E-state index contributed by atoms with van der Waals surface area (Å²) in [6, 6.07) is 24.9. The zero-order chi connectivity index (χ0) is 18.1. The molecule has 0 aliphatic heterocycles. The molecule has 5 rings (SSSR count). The second-order valence-corrected chi connectivity index (χ2v) is 6.75. The number of imidazole rings is 1. The summed E-state index contributed by atoms with van der Waals surface area (Å²) in [5.41, 5.74) is 4.19. The normalized spacial score (nSPS) is 11.3. The predicted octanol–water partition coefficient (Wildman–Crippen LogP) is 3.97. The maximum Gasteiger partial charge on any atom is 0.244 e. The Hall–Kier alpha value is -3.53. The van der Waals surface area contributed by atoms with E-state index >= 15 is 0 Å². The van der Waals surface area contributed by atoms with Gasteiger partial charge in [0.2, 0.25) is 6.33 Å². The Balaban J connectivity index is 1.35. The maximum absolute atomic E-state index is 4.76. The van der Waals surface area contributed by atoms with E-state index in [9.17, 15) is 0 Å². The van der Waals surface area contributed by atoms with Crippen molar-refractivity contribution < 1.29 is 4.57 Å². The van der Waals surface area contributed by atoms with Crippen LogP contribution in [-0.2, 0) is 13.1 Å². The minimum atomic E-state index is 0.753. The minimum absolute atomic E-state index is 0.753. The summed E-state index contributed by atoms with van der Waals surface area (Å²) in [6.45, 7) is 1.51. The molecule has 3 aromatic heterocycles. The molecule has 0 bridgehead atoms. The zero-order valence-corrected chi connectivity index (χ0v) is 14.9. The Morgan fingerprint density at radius 2 is 1.33 bits per heavy atom. The van der Waals surface area contributed by atoms with Crippen LogP contribution in [0.3, 0.4) is 0 Å². The largest absolute Gasteiger partial charge is 0.249 e. The Kier molecular flexibility index (Phi) is 3.87. The second kappa shape index (κ2) is 6.65. The van der Waals surface area contributed by atoms with Crippen molar-refractivity contribution in [1.29, 1.82) is 0 Å². The lowest BCUT2D eigenvalue weighted by atomic mass is 10.2. The lowest BCUT2D eigenvalue weighted by molar-refractivity contribution is -0.688. The van der Waals surface area contributed by atoms with Crippen LogP contribution >= 0.6 is 0 Å². The van der Waals surface area contributed by atoms with Crippen molar-refractivity contribution >= 4 is 21.8 Å². The van der Waals surface area contributed by atoms with Crippen LogP contribution in [0, 0.1) is 0 Å². The fourth-order valence-electron chi connectivity index (χ4n) is 3.39. The minimum Gasteiger partial charge on any atom is -0.249 e. The molecule has 0 unspecified atom stereocenters. The molecule has 0 aliphatic rings. The predicted molar refractivity (Wildman–Crippen MR) is 106 cm³/mol. The van der Waals surface area contributed by atoms with Crippen LogP contribution in [0.2, 0.25) is 0 Å². The quantitative estimate of drug-likeness (QED) is 0.459. The molecule has 0 amide bonds. The molecular weight excluding hydrogens is 332 g/mol. The number of para-hydroxylation sites is 2. The van der Waals surface area contributed by atoms with E-state index in [-0.39, 0.29) is 0 Å². The summed E-state index contributed by atoms with van der Waals surface area (Å²) >= 11 is 0. The van der Waals surface area contributed by atoms with Gasteiger partial charge in [-0.1, -0.05) is 48.5 Å². The first-order valence-corrected chi connectivity index (χ1v) is 9.08. The third-order valence-corrected chi connectivity index (χ3v) is 4.75. The number of fused-ring (bicyclic) bond motifs is 2. The van der Waals surface area contributed by atoms with E-state index < -0.39 is 0 Å². The van der Waals surface area contributed by atoms with Crippen LogP contribution in [0.25, 0.3) is 21.8 Å². The molecule has 0 spiro atoms. The molecule has 0 atom stereocenters. The highest BCUT2D eigenvalue weighted by Crippen LogP contribution is 2.13. The van der Waals surface area contributed by atoms with Crippen LogP contribution in [-0.4, -0.2) is 14.5 Å². The lowest BCUT2D eigenvalue weighted by Crippen LogP contribution is -2.32. The highest BCUT2D eigenvalue weighted by Gasteiger charge is 2.08. The third kappa shape index (κ3) is 3.29. The lowest BCUT2D eigenvalue weighted by Gasteiger charge is -2.01. The van der Waals surface area contributed by atoms with Gasteiger partial charge in [0.05, 0.1) is 22.4 Å². The summed E-state index contributed by atoms with van der Waals surface area (Å²) < 4.78 is 4.30. The fourth-order valence-corrected chi connectivity index (χ4v) is 3.39. The Bertz CT molecular complexity index is 1140. The summed E-state index contributed by atoms with van der Waals surface area (Å²) in [7, 11) is 0. The second-order valence-electron chi connectivity index (χ2n) is 6.75. The molecular formula is C23H19N4+.